The highest BCUT2D eigenvalue weighted by molar-refractivity contribution is 5.26. The Labute approximate surface area is 99.5 Å². The van der Waals surface area contributed by atoms with Gasteiger partial charge in [0.05, 0.1) is 0 Å². The first kappa shape index (κ1) is 13.1. The van der Waals surface area contributed by atoms with Gasteiger partial charge in [-0.1, -0.05) is 52.2 Å². The molecule has 0 aromatic heterocycles. The molecule has 1 heteroatoms. The first-order valence-corrected chi connectivity index (χ1v) is 6.39. The molecule has 0 saturated carbocycles. The van der Waals surface area contributed by atoms with E-state index in [9.17, 15) is 5.11 Å². The third kappa shape index (κ3) is 4.69. The summed E-state index contributed by atoms with van der Waals surface area (Å²) in [4.78, 5) is 0. The quantitative estimate of drug-likeness (QED) is 0.753. The Morgan fingerprint density at radius 1 is 1.00 bits per heavy atom. The van der Waals surface area contributed by atoms with Gasteiger partial charge in [0.1, 0.15) is 5.75 Å². The lowest BCUT2D eigenvalue weighted by Gasteiger charge is -2.14. The number of phenols is 1. The van der Waals surface area contributed by atoms with E-state index in [0.717, 1.165) is 18.3 Å². The van der Waals surface area contributed by atoms with Gasteiger partial charge in [-0.25, -0.2) is 0 Å². The third-order valence-electron chi connectivity index (χ3n) is 3.37. The van der Waals surface area contributed by atoms with E-state index in [1.54, 1.807) is 12.1 Å². The van der Waals surface area contributed by atoms with Crippen LogP contribution < -0.4 is 0 Å². The van der Waals surface area contributed by atoms with Crippen LogP contribution in [-0.2, 0) is 6.42 Å². The number of benzene rings is 1. The number of phenolic OH excluding ortho intramolecular Hbond substituents is 1. The van der Waals surface area contributed by atoms with Crippen LogP contribution in [0.4, 0.5) is 0 Å². The van der Waals surface area contributed by atoms with Gasteiger partial charge in [-0.15, -0.1) is 0 Å². The molecule has 0 aliphatic rings. The Kier molecular flexibility index (Phi) is 5.37. The van der Waals surface area contributed by atoms with Crippen molar-refractivity contribution >= 4 is 0 Å². The molecule has 1 aromatic carbocycles. The van der Waals surface area contributed by atoms with Crippen LogP contribution in [-0.4, -0.2) is 5.11 Å². The molecule has 0 heterocycles. The number of rotatable bonds is 6. The maximum atomic E-state index is 9.20. The summed E-state index contributed by atoms with van der Waals surface area (Å²) in [6, 6.07) is 7.59. The van der Waals surface area contributed by atoms with Gasteiger partial charge < -0.3 is 5.11 Å². The number of hydrogen-bond donors (Lipinski definition) is 1. The van der Waals surface area contributed by atoms with Crippen molar-refractivity contribution in [3.63, 3.8) is 0 Å². The third-order valence-corrected chi connectivity index (χ3v) is 3.37. The van der Waals surface area contributed by atoms with Crippen LogP contribution in [0.5, 0.6) is 5.75 Å². The zero-order valence-electron chi connectivity index (χ0n) is 10.7. The predicted octanol–water partition coefficient (Wildman–Crippen LogP) is 4.40. The van der Waals surface area contributed by atoms with Crippen LogP contribution >= 0.6 is 0 Å². The smallest absolute Gasteiger partial charge is 0.115 e. The van der Waals surface area contributed by atoms with Gasteiger partial charge in [-0.2, -0.15) is 0 Å². The highest BCUT2D eigenvalue weighted by Gasteiger charge is 2.06. The van der Waals surface area contributed by atoms with Crippen molar-refractivity contribution in [3.05, 3.63) is 29.8 Å². The molecule has 1 rings (SSSR count). The fraction of sp³-hybridized carbons (Fsp3) is 0.600. The lowest BCUT2D eigenvalue weighted by molar-refractivity contribution is 0.421. The molecular formula is C15H24O. The summed E-state index contributed by atoms with van der Waals surface area (Å²) >= 11 is 0. The van der Waals surface area contributed by atoms with Crippen molar-refractivity contribution in [2.24, 2.45) is 11.8 Å². The Bertz CT molecular complexity index is 289. The largest absolute Gasteiger partial charge is 0.508 e. The minimum absolute atomic E-state index is 0.357. The van der Waals surface area contributed by atoms with E-state index in [-0.39, 0.29) is 0 Å². The topological polar surface area (TPSA) is 20.2 Å². The average Bonchev–Trinajstić information content (AvgIpc) is 2.29. The number of aromatic hydroxyl groups is 1. The molecule has 16 heavy (non-hydrogen) atoms. The zero-order valence-corrected chi connectivity index (χ0v) is 10.7. The standard InChI is InChI=1S/C15H24O/c1-4-12(2)5-6-13(3)11-14-7-9-15(16)10-8-14/h7-10,12-13,16H,4-6,11H2,1-3H3. The van der Waals surface area contributed by atoms with Crippen molar-refractivity contribution in [1.29, 1.82) is 0 Å². The molecule has 1 nitrogen and oxygen atoms in total. The molecule has 0 aliphatic carbocycles. The van der Waals surface area contributed by atoms with E-state index in [1.807, 2.05) is 12.1 Å². The van der Waals surface area contributed by atoms with Crippen LogP contribution in [0.3, 0.4) is 0 Å². The first-order chi connectivity index (χ1) is 7.61. The molecule has 0 aliphatic heterocycles. The molecule has 0 spiro atoms. The maximum Gasteiger partial charge on any atom is 0.115 e. The fourth-order valence-electron chi connectivity index (χ4n) is 1.91. The van der Waals surface area contributed by atoms with Crippen LogP contribution in [0, 0.1) is 11.8 Å². The second-order valence-electron chi connectivity index (χ2n) is 5.07. The molecule has 2 unspecified atom stereocenters. The van der Waals surface area contributed by atoms with Crippen LogP contribution in [0.1, 0.15) is 45.6 Å². The molecule has 1 N–H and O–H groups in total. The van der Waals surface area contributed by atoms with Gasteiger partial charge in [0.2, 0.25) is 0 Å². The Hall–Kier alpha value is -0.980. The fourth-order valence-corrected chi connectivity index (χ4v) is 1.91. The van der Waals surface area contributed by atoms with E-state index in [2.05, 4.69) is 20.8 Å². The van der Waals surface area contributed by atoms with Gasteiger partial charge in [0.25, 0.3) is 0 Å². The van der Waals surface area contributed by atoms with Crippen molar-refractivity contribution in [2.75, 3.05) is 0 Å². The molecule has 0 radical (unpaired) electrons. The highest BCUT2D eigenvalue weighted by atomic mass is 16.3. The minimum atomic E-state index is 0.357. The summed E-state index contributed by atoms with van der Waals surface area (Å²) in [7, 11) is 0. The van der Waals surface area contributed by atoms with Gasteiger partial charge in [0.15, 0.2) is 0 Å². The lowest BCUT2D eigenvalue weighted by atomic mass is 9.92. The molecule has 0 fully saturated rings. The molecule has 0 bridgehead atoms. The SMILES string of the molecule is CCC(C)CCC(C)Cc1ccc(O)cc1. The highest BCUT2D eigenvalue weighted by Crippen LogP contribution is 2.19. The van der Waals surface area contributed by atoms with E-state index < -0.39 is 0 Å². The van der Waals surface area contributed by atoms with Gasteiger partial charge in [-0.05, 0) is 36.0 Å². The normalized spacial score (nSPS) is 14.7. The van der Waals surface area contributed by atoms with Crippen LogP contribution in [0.25, 0.3) is 0 Å². The molecule has 2 atom stereocenters. The van der Waals surface area contributed by atoms with Crippen molar-refractivity contribution in [1.82, 2.24) is 0 Å². The zero-order chi connectivity index (χ0) is 12.0. The van der Waals surface area contributed by atoms with E-state index in [4.69, 9.17) is 0 Å². The second kappa shape index (κ2) is 6.57. The average molecular weight is 220 g/mol. The minimum Gasteiger partial charge on any atom is -0.508 e. The predicted molar refractivity (Wildman–Crippen MR) is 69.7 cm³/mol. The number of hydrogen-bond acceptors (Lipinski definition) is 1. The van der Waals surface area contributed by atoms with E-state index in [1.165, 1.54) is 24.8 Å². The first-order valence-electron chi connectivity index (χ1n) is 6.39. The maximum absolute atomic E-state index is 9.20. The van der Waals surface area contributed by atoms with Crippen molar-refractivity contribution in [2.45, 2.75) is 46.5 Å². The lowest BCUT2D eigenvalue weighted by Crippen LogP contribution is -2.02. The summed E-state index contributed by atoms with van der Waals surface area (Å²) in [5.41, 5.74) is 1.33. The second-order valence-corrected chi connectivity index (χ2v) is 5.07. The molecule has 1 aromatic rings. The summed E-state index contributed by atoms with van der Waals surface area (Å²) in [5, 5.41) is 9.20. The molecule has 90 valence electrons. The molecule has 0 saturated heterocycles. The monoisotopic (exact) mass is 220 g/mol. The molecule has 0 amide bonds. The summed E-state index contributed by atoms with van der Waals surface area (Å²) in [6.45, 7) is 6.90. The summed E-state index contributed by atoms with van der Waals surface area (Å²) in [5.74, 6) is 1.94. The molecular weight excluding hydrogens is 196 g/mol. The van der Waals surface area contributed by atoms with Crippen LogP contribution in [0.2, 0.25) is 0 Å². The van der Waals surface area contributed by atoms with Crippen molar-refractivity contribution < 1.29 is 5.11 Å². The Morgan fingerprint density at radius 3 is 2.12 bits per heavy atom. The van der Waals surface area contributed by atoms with Gasteiger partial charge in [-0.3, -0.25) is 0 Å². The Balaban J connectivity index is 2.33. The Morgan fingerprint density at radius 2 is 1.56 bits per heavy atom. The van der Waals surface area contributed by atoms with Crippen LogP contribution in [0.15, 0.2) is 24.3 Å². The van der Waals surface area contributed by atoms with Gasteiger partial charge in [0, 0.05) is 0 Å². The van der Waals surface area contributed by atoms with E-state index in [0.29, 0.717) is 5.75 Å². The van der Waals surface area contributed by atoms with E-state index >= 15 is 0 Å². The summed E-state index contributed by atoms with van der Waals surface area (Å²) < 4.78 is 0. The van der Waals surface area contributed by atoms with Crippen molar-refractivity contribution in [3.8, 4) is 5.75 Å². The summed E-state index contributed by atoms with van der Waals surface area (Å²) in [6.07, 6.45) is 5.04. The van der Waals surface area contributed by atoms with Gasteiger partial charge >= 0.3 is 0 Å².